The van der Waals surface area contributed by atoms with E-state index in [1.807, 2.05) is 48.5 Å². The Balaban J connectivity index is 2.02. The summed E-state index contributed by atoms with van der Waals surface area (Å²) < 4.78 is 58.7. The van der Waals surface area contributed by atoms with E-state index in [0.717, 1.165) is 11.1 Å². The first kappa shape index (κ1) is 28.2. The third-order valence-electron chi connectivity index (χ3n) is 5.27. The second-order valence-corrected chi connectivity index (χ2v) is 7.76. The van der Waals surface area contributed by atoms with Crippen molar-refractivity contribution in [3.8, 4) is 29.0 Å². The van der Waals surface area contributed by atoms with Gasteiger partial charge in [0.25, 0.3) is 17.5 Å². The van der Waals surface area contributed by atoms with Crippen LogP contribution in [0.4, 0.5) is 14.7 Å². The number of benzene rings is 2. The molecule has 204 valence electrons. The molecule has 10 nitrogen and oxygen atoms in total. The van der Waals surface area contributed by atoms with Crippen molar-refractivity contribution in [2.24, 2.45) is 0 Å². The zero-order valence-electron chi connectivity index (χ0n) is 21.7. The van der Waals surface area contributed by atoms with E-state index in [-0.39, 0.29) is 24.3 Å². The van der Waals surface area contributed by atoms with Crippen molar-refractivity contribution in [1.29, 1.82) is 0 Å². The first-order valence-electron chi connectivity index (χ1n) is 11.5. The lowest BCUT2D eigenvalue weighted by molar-refractivity contribution is -0.217. The topological polar surface area (TPSA) is 101 Å². The third-order valence-corrected chi connectivity index (χ3v) is 5.27. The average Bonchev–Trinajstić information content (AvgIpc) is 2.93. The van der Waals surface area contributed by atoms with Crippen molar-refractivity contribution >= 4 is 11.9 Å². The Bertz CT molecular complexity index is 1130. The van der Waals surface area contributed by atoms with Gasteiger partial charge in [-0.3, -0.25) is 0 Å². The maximum Gasteiger partial charge on any atom is 0.502 e. The fraction of sp³-hybridized carbons (Fsp3) is 0.346. The van der Waals surface area contributed by atoms with Gasteiger partial charge in [-0.05, 0) is 42.3 Å². The zero-order chi connectivity index (χ0) is 27.7. The predicted molar refractivity (Wildman–Crippen MR) is 133 cm³/mol. The van der Waals surface area contributed by atoms with Crippen molar-refractivity contribution in [3.63, 3.8) is 0 Å². The molecule has 0 radical (unpaired) electrons. The lowest BCUT2D eigenvalue weighted by atomic mass is 10.1. The second-order valence-electron chi connectivity index (χ2n) is 7.76. The summed E-state index contributed by atoms with van der Waals surface area (Å²) in [5.74, 6) is -1.73. The second kappa shape index (κ2) is 12.7. The lowest BCUT2D eigenvalue weighted by Gasteiger charge is -2.25. The van der Waals surface area contributed by atoms with Gasteiger partial charge in [0.15, 0.2) is 0 Å². The molecule has 0 saturated carbocycles. The van der Waals surface area contributed by atoms with Gasteiger partial charge in [-0.25, -0.2) is 4.79 Å². The van der Waals surface area contributed by atoms with Crippen molar-refractivity contribution in [2.45, 2.75) is 26.1 Å². The summed E-state index contributed by atoms with van der Waals surface area (Å²) in [6, 6.07) is 14.8. The smallest absolute Gasteiger partial charge is 0.497 e. The molecule has 2 aromatic carbocycles. The summed E-state index contributed by atoms with van der Waals surface area (Å²) in [6.45, 7) is 1.81. The van der Waals surface area contributed by atoms with E-state index < -0.39 is 17.8 Å². The molecule has 0 aliphatic carbocycles. The largest absolute Gasteiger partial charge is 0.502 e. The minimum absolute atomic E-state index is 0.108. The van der Waals surface area contributed by atoms with Crippen molar-refractivity contribution in [2.75, 3.05) is 39.9 Å². The Kier molecular flexibility index (Phi) is 9.47. The average molecular weight is 534 g/mol. The normalized spacial score (nSPS) is 10.9. The first-order chi connectivity index (χ1) is 18.2. The Morgan fingerprint density at radius 1 is 0.789 bits per heavy atom. The quantitative estimate of drug-likeness (QED) is 0.296. The van der Waals surface area contributed by atoms with Gasteiger partial charge in [0.2, 0.25) is 5.95 Å². The first-order valence-corrected chi connectivity index (χ1v) is 11.5. The SMILES string of the molecule is CCOC(=O)C(F)(F)Oc1c(OC)nc(N(Cc2ccc(OC)cc2)Cc2ccc(OC)cc2)nc1OC. The molecule has 1 heterocycles. The van der Waals surface area contributed by atoms with Crippen molar-refractivity contribution in [3.05, 3.63) is 59.7 Å². The summed E-state index contributed by atoms with van der Waals surface area (Å²) in [7, 11) is 5.59. The number of methoxy groups -OCH3 is 4. The van der Waals surface area contributed by atoms with Crippen LogP contribution in [0.3, 0.4) is 0 Å². The standard InChI is InChI=1S/C26H29F2N3O7/c1-6-37-24(32)26(27,28)38-21-22(35-4)29-25(30-23(21)36-5)31(15-17-7-11-19(33-2)12-8-17)16-18-9-13-20(34-3)14-10-18/h7-14H,6,15-16H2,1-5H3. The van der Waals surface area contributed by atoms with E-state index in [1.165, 1.54) is 21.1 Å². The van der Waals surface area contributed by atoms with Gasteiger partial charge < -0.3 is 33.3 Å². The molecule has 0 spiro atoms. The van der Waals surface area contributed by atoms with Crippen LogP contribution in [0.2, 0.25) is 0 Å². The molecule has 0 fully saturated rings. The number of ether oxygens (including phenoxy) is 6. The van der Waals surface area contributed by atoms with Crippen LogP contribution in [-0.2, 0) is 22.6 Å². The summed E-state index contributed by atoms with van der Waals surface area (Å²) in [5.41, 5.74) is 1.80. The minimum atomic E-state index is -4.33. The molecule has 38 heavy (non-hydrogen) atoms. The molecule has 0 aliphatic heterocycles. The molecule has 0 N–H and O–H groups in total. The monoisotopic (exact) mass is 533 g/mol. The maximum atomic E-state index is 14.4. The van der Waals surface area contributed by atoms with Gasteiger partial charge in [-0.2, -0.15) is 18.7 Å². The number of esters is 1. The molecular formula is C26H29F2N3O7. The number of rotatable bonds is 13. The maximum absolute atomic E-state index is 14.4. The van der Waals surface area contributed by atoms with Crippen LogP contribution in [0.1, 0.15) is 18.1 Å². The number of alkyl halides is 2. The number of carbonyl (C=O) groups is 1. The van der Waals surface area contributed by atoms with E-state index in [2.05, 4.69) is 19.4 Å². The van der Waals surface area contributed by atoms with Crippen LogP contribution >= 0.6 is 0 Å². The van der Waals surface area contributed by atoms with Crippen molar-refractivity contribution in [1.82, 2.24) is 9.97 Å². The van der Waals surface area contributed by atoms with E-state index >= 15 is 0 Å². The van der Waals surface area contributed by atoms with Crippen molar-refractivity contribution < 1.29 is 42.0 Å². The lowest BCUT2D eigenvalue weighted by Crippen LogP contribution is -2.37. The van der Waals surface area contributed by atoms with Gasteiger partial charge in [0.05, 0.1) is 35.0 Å². The molecule has 0 saturated heterocycles. The van der Waals surface area contributed by atoms with E-state index in [0.29, 0.717) is 24.6 Å². The molecule has 0 unspecified atom stereocenters. The van der Waals surface area contributed by atoms with Gasteiger partial charge in [-0.1, -0.05) is 24.3 Å². The van der Waals surface area contributed by atoms with Crippen LogP contribution in [0.5, 0.6) is 29.0 Å². The number of hydrogen-bond acceptors (Lipinski definition) is 10. The van der Waals surface area contributed by atoms with Crippen LogP contribution < -0.4 is 28.6 Å². The van der Waals surface area contributed by atoms with Gasteiger partial charge >= 0.3 is 12.1 Å². The molecular weight excluding hydrogens is 504 g/mol. The summed E-state index contributed by atoms with van der Waals surface area (Å²) in [4.78, 5) is 22.1. The highest BCUT2D eigenvalue weighted by Gasteiger charge is 2.46. The number of halogens is 2. The van der Waals surface area contributed by atoms with Gasteiger partial charge in [0.1, 0.15) is 11.5 Å². The summed E-state index contributed by atoms with van der Waals surface area (Å²) >= 11 is 0. The third kappa shape index (κ3) is 6.90. The minimum Gasteiger partial charge on any atom is -0.497 e. The van der Waals surface area contributed by atoms with Crippen LogP contribution in [0.15, 0.2) is 48.5 Å². The highest BCUT2D eigenvalue weighted by atomic mass is 19.3. The molecule has 0 amide bonds. The summed E-state index contributed by atoms with van der Waals surface area (Å²) in [5, 5.41) is 0. The summed E-state index contributed by atoms with van der Waals surface area (Å²) in [6.07, 6.45) is -4.33. The number of carbonyl (C=O) groups excluding carboxylic acids is 1. The number of hydrogen-bond donors (Lipinski definition) is 0. The fourth-order valence-corrected chi connectivity index (χ4v) is 3.39. The van der Waals surface area contributed by atoms with Gasteiger partial charge in [-0.15, -0.1) is 0 Å². The predicted octanol–water partition coefficient (Wildman–Crippen LogP) is 4.25. The van der Waals surface area contributed by atoms with E-state index in [1.54, 1.807) is 19.1 Å². The number of anilines is 1. The van der Waals surface area contributed by atoms with Crippen LogP contribution in [0.25, 0.3) is 0 Å². The Labute approximate surface area is 219 Å². The number of aromatic nitrogens is 2. The zero-order valence-corrected chi connectivity index (χ0v) is 21.7. The Morgan fingerprint density at radius 2 is 1.24 bits per heavy atom. The highest BCUT2D eigenvalue weighted by molar-refractivity contribution is 5.76. The van der Waals surface area contributed by atoms with Crippen LogP contribution in [-0.4, -0.2) is 57.1 Å². The van der Waals surface area contributed by atoms with E-state index in [4.69, 9.17) is 18.9 Å². The molecule has 1 aromatic heterocycles. The molecule has 3 rings (SSSR count). The fourth-order valence-electron chi connectivity index (χ4n) is 3.39. The molecule has 0 bridgehead atoms. The molecule has 0 atom stereocenters. The molecule has 0 aliphatic rings. The molecule has 3 aromatic rings. The Hall–Kier alpha value is -4.35. The van der Waals surface area contributed by atoms with E-state index in [9.17, 15) is 13.6 Å². The molecule has 12 heteroatoms. The number of nitrogens with zero attached hydrogens (tertiary/aromatic N) is 3. The van der Waals surface area contributed by atoms with Gasteiger partial charge in [0, 0.05) is 13.1 Å². The Morgan fingerprint density at radius 3 is 1.61 bits per heavy atom. The van der Waals surface area contributed by atoms with Crippen LogP contribution in [0, 0.1) is 0 Å². The highest BCUT2D eigenvalue weighted by Crippen LogP contribution is 2.39.